The van der Waals surface area contributed by atoms with E-state index in [9.17, 15) is 13.6 Å². The van der Waals surface area contributed by atoms with Crippen LogP contribution in [-0.4, -0.2) is 38.8 Å². The van der Waals surface area contributed by atoms with Crippen LogP contribution in [0.2, 0.25) is 0 Å². The lowest BCUT2D eigenvalue weighted by Crippen LogP contribution is -2.18. The highest BCUT2D eigenvalue weighted by atomic mass is 32.1. The van der Waals surface area contributed by atoms with Gasteiger partial charge in [0.1, 0.15) is 17.3 Å². The van der Waals surface area contributed by atoms with Crippen LogP contribution >= 0.6 is 11.3 Å². The second-order valence-corrected chi connectivity index (χ2v) is 11.3. The number of carbonyl (C=O) groups excluding carboxylic acids is 1. The largest absolute Gasteiger partial charge is 0.324 e. The fourth-order valence-corrected chi connectivity index (χ4v) is 5.94. The van der Waals surface area contributed by atoms with E-state index in [0.717, 1.165) is 47.3 Å². The highest BCUT2D eigenvalue weighted by molar-refractivity contribution is 7.15. The molecule has 0 saturated carbocycles. The van der Waals surface area contributed by atoms with Crippen LogP contribution in [0, 0.1) is 18.6 Å². The van der Waals surface area contributed by atoms with Gasteiger partial charge >= 0.3 is 0 Å². The van der Waals surface area contributed by atoms with Crippen molar-refractivity contribution in [2.45, 2.75) is 26.3 Å². The third kappa shape index (κ3) is 6.19. The van der Waals surface area contributed by atoms with E-state index in [1.165, 1.54) is 35.8 Å². The smallest absolute Gasteiger partial charge is 0.255 e. The molecule has 10 heteroatoms. The van der Waals surface area contributed by atoms with Gasteiger partial charge in [-0.2, -0.15) is 0 Å². The minimum absolute atomic E-state index is 0.241. The number of carbonyl (C=O) groups is 1. The third-order valence-electron chi connectivity index (χ3n) is 7.01. The number of aromatic nitrogens is 3. The van der Waals surface area contributed by atoms with Crippen molar-refractivity contribution >= 4 is 34.6 Å². The molecule has 3 aromatic carbocycles. The van der Waals surface area contributed by atoms with Gasteiger partial charge in [0.2, 0.25) is 5.95 Å². The van der Waals surface area contributed by atoms with Gasteiger partial charge in [-0.1, -0.05) is 30.3 Å². The highest BCUT2D eigenvalue weighted by Crippen LogP contribution is 2.36. The van der Waals surface area contributed by atoms with Gasteiger partial charge in [-0.3, -0.25) is 9.69 Å². The van der Waals surface area contributed by atoms with Gasteiger partial charge in [0.15, 0.2) is 0 Å². The minimum atomic E-state index is -0.844. The van der Waals surface area contributed by atoms with Crippen LogP contribution in [0.4, 0.5) is 26.1 Å². The van der Waals surface area contributed by atoms with Crippen LogP contribution < -0.4 is 10.6 Å². The normalized spacial score (nSPS) is 13.3. The maximum Gasteiger partial charge on any atom is 0.255 e. The average molecular weight is 583 g/mol. The maximum atomic E-state index is 14.1. The second-order valence-electron chi connectivity index (χ2n) is 10.1. The van der Waals surface area contributed by atoms with Gasteiger partial charge in [0, 0.05) is 29.6 Å². The molecule has 212 valence electrons. The van der Waals surface area contributed by atoms with Gasteiger partial charge < -0.3 is 10.6 Å². The van der Waals surface area contributed by atoms with Crippen LogP contribution in [0.3, 0.4) is 0 Å². The molecular weight excluding hydrogens is 554 g/mol. The van der Waals surface area contributed by atoms with Crippen LogP contribution in [0.1, 0.15) is 33.8 Å². The van der Waals surface area contributed by atoms with Crippen molar-refractivity contribution in [3.05, 3.63) is 107 Å². The summed E-state index contributed by atoms with van der Waals surface area (Å²) >= 11 is 1.48. The number of para-hydroxylation sites is 1. The molecule has 1 amide bonds. The molecule has 6 rings (SSSR count). The Morgan fingerprint density at radius 1 is 0.952 bits per heavy atom. The fourth-order valence-electron chi connectivity index (χ4n) is 5.03. The monoisotopic (exact) mass is 582 g/mol. The number of aryl methyl sites for hydroxylation is 1. The fraction of sp³-hybridized carbons (Fsp3) is 0.188. The van der Waals surface area contributed by atoms with Gasteiger partial charge in [0.05, 0.1) is 21.3 Å². The first-order valence-corrected chi connectivity index (χ1v) is 14.5. The molecule has 42 heavy (non-hydrogen) atoms. The van der Waals surface area contributed by atoms with E-state index >= 15 is 0 Å². The predicted molar refractivity (Wildman–Crippen MR) is 162 cm³/mol. The first kappa shape index (κ1) is 27.6. The molecule has 0 unspecified atom stereocenters. The second kappa shape index (κ2) is 12.1. The molecule has 2 aromatic heterocycles. The average Bonchev–Trinajstić information content (AvgIpc) is 3.65. The van der Waals surface area contributed by atoms with E-state index in [4.69, 9.17) is 9.97 Å². The topological polar surface area (TPSA) is 83.0 Å². The summed E-state index contributed by atoms with van der Waals surface area (Å²) in [6.07, 6.45) is 4.20. The number of thiazole rings is 1. The maximum absolute atomic E-state index is 14.1. The van der Waals surface area contributed by atoms with Gasteiger partial charge in [-0.05, 0) is 80.9 Å². The molecule has 0 aliphatic carbocycles. The number of hydrogen-bond acceptors (Lipinski definition) is 7. The highest BCUT2D eigenvalue weighted by Gasteiger charge is 2.19. The molecule has 2 N–H and O–H groups in total. The Kier molecular flexibility index (Phi) is 7.98. The zero-order chi connectivity index (χ0) is 29.1. The number of nitrogens with zero attached hydrogens (tertiary/aromatic N) is 4. The molecule has 0 atom stereocenters. The van der Waals surface area contributed by atoms with Gasteiger partial charge in [-0.15, -0.1) is 11.3 Å². The summed E-state index contributed by atoms with van der Waals surface area (Å²) < 4.78 is 28.2. The Morgan fingerprint density at radius 3 is 2.52 bits per heavy atom. The molecule has 0 radical (unpaired) electrons. The summed E-state index contributed by atoms with van der Waals surface area (Å²) in [7, 11) is 0. The number of rotatable bonds is 8. The summed E-state index contributed by atoms with van der Waals surface area (Å²) in [4.78, 5) is 30.1. The van der Waals surface area contributed by atoms with Crippen molar-refractivity contribution in [2.75, 3.05) is 23.7 Å². The summed E-state index contributed by atoms with van der Waals surface area (Å²) in [6, 6.07) is 20.3. The zero-order valence-electron chi connectivity index (χ0n) is 22.9. The lowest BCUT2D eigenvalue weighted by atomic mass is 10.1. The molecule has 1 aliphatic heterocycles. The molecule has 7 nitrogen and oxygen atoms in total. The van der Waals surface area contributed by atoms with Crippen molar-refractivity contribution in [1.29, 1.82) is 0 Å². The van der Waals surface area contributed by atoms with E-state index in [1.54, 1.807) is 24.4 Å². The zero-order valence-corrected chi connectivity index (χ0v) is 23.7. The summed E-state index contributed by atoms with van der Waals surface area (Å²) in [5, 5.41) is 6.50. The van der Waals surface area contributed by atoms with E-state index in [0.29, 0.717) is 22.9 Å². The van der Waals surface area contributed by atoms with Crippen molar-refractivity contribution in [3.8, 4) is 21.8 Å². The van der Waals surface area contributed by atoms with E-state index < -0.39 is 23.2 Å². The standard InChI is InChI=1S/C32H28F2N6OS/c1-20-36-28(22-8-5-9-23(18-22)31(41)39-29-25(33)11-6-12-26(29)34)30(42-20)27-13-14-35-32(38-27)37-24-10-4-7-21(17-24)19-40-15-2-3-16-40/h4-14,17-18H,2-3,15-16,19H2,1H3,(H,39,41)(H,35,37,38). The Bertz CT molecular complexity index is 1730. The van der Waals surface area contributed by atoms with Crippen LogP contribution in [0.5, 0.6) is 0 Å². The van der Waals surface area contributed by atoms with E-state index in [1.807, 2.05) is 31.2 Å². The summed E-state index contributed by atoms with van der Waals surface area (Å²) in [5.74, 6) is -1.86. The molecule has 0 bridgehead atoms. The van der Waals surface area contributed by atoms with Crippen molar-refractivity contribution in [2.24, 2.45) is 0 Å². The summed E-state index contributed by atoms with van der Waals surface area (Å²) in [5.41, 5.74) is 3.92. The molecule has 0 spiro atoms. The third-order valence-corrected chi connectivity index (χ3v) is 8.00. The quantitative estimate of drug-likeness (QED) is 0.198. The van der Waals surface area contributed by atoms with Gasteiger partial charge in [0.25, 0.3) is 5.91 Å². The number of benzene rings is 3. The Morgan fingerprint density at radius 2 is 1.71 bits per heavy atom. The lowest BCUT2D eigenvalue weighted by Gasteiger charge is -2.15. The number of amides is 1. The van der Waals surface area contributed by atoms with E-state index in [2.05, 4.69) is 32.7 Å². The molecule has 1 fully saturated rings. The lowest BCUT2D eigenvalue weighted by molar-refractivity contribution is 0.102. The number of likely N-dealkylation sites (tertiary alicyclic amines) is 1. The number of halogens is 2. The van der Waals surface area contributed by atoms with Crippen molar-refractivity contribution in [3.63, 3.8) is 0 Å². The van der Waals surface area contributed by atoms with E-state index in [-0.39, 0.29) is 5.56 Å². The first-order valence-electron chi connectivity index (χ1n) is 13.7. The molecule has 3 heterocycles. The molecule has 1 saturated heterocycles. The number of hydrogen-bond donors (Lipinski definition) is 2. The van der Waals surface area contributed by atoms with Crippen molar-refractivity contribution < 1.29 is 13.6 Å². The van der Waals surface area contributed by atoms with Crippen molar-refractivity contribution in [1.82, 2.24) is 19.9 Å². The molecular formula is C32H28F2N6OS. The van der Waals surface area contributed by atoms with Crippen LogP contribution in [-0.2, 0) is 6.54 Å². The van der Waals surface area contributed by atoms with Gasteiger partial charge in [-0.25, -0.2) is 23.7 Å². The Balaban J connectivity index is 1.24. The number of nitrogens with one attached hydrogen (secondary N) is 2. The molecule has 1 aliphatic rings. The number of anilines is 3. The minimum Gasteiger partial charge on any atom is -0.324 e. The van der Waals surface area contributed by atoms with Crippen LogP contribution in [0.15, 0.2) is 79.0 Å². The Labute approximate surface area is 246 Å². The SMILES string of the molecule is Cc1nc(-c2cccc(C(=O)Nc3c(F)cccc3F)c2)c(-c2ccnc(Nc3cccc(CN4CCCC4)c3)n2)s1. The van der Waals surface area contributed by atoms with Crippen LogP contribution in [0.25, 0.3) is 21.8 Å². The summed E-state index contributed by atoms with van der Waals surface area (Å²) in [6.45, 7) is 5.10. The molecule has 5 aromatic rings. The Hall–Kier alpha value is -4.54. The predicted octanol–water partition coefficient (Wildman–Crippen LogP) is 7.45. The first-order chi connectivity index (χ1) is 20.4.